The first-order chi connectivity index (χ1) is 9.69. The molecule has 0 atom stereocenters. The highest BCUT2D eigenvalue weighted by Gasteiger charge is 2.02. The fourth-order valence-corrected chi connectivity index (χ4v) is 1.85. The number of ether oxygens (including phenoxy) is 1. The molecule has 104 valence electrons. The molecule has 0 radical (unpaired) electrons. The van der Waals surface area contributed by atoms with Gasteiger partial charge in [-0.05, 0) is 12.1 Å². The molecule has 5 nitrogen and oxygen atoms in total. The summed E-state index contributed by atoms with van der Waals surface area (Å²) >= 11 is 0. The van der Waals surface area contributed by atoms with Gasteiger partial charge in [0.25, 0.3) is 0 Å². The average molecular weight is 271 g/mol. The number of aromatic nitrogens is 1. The van der Waals surface area contributed by atoms with E-state index in [4.69, 9.17) is 10.5 Å². The molecule has 2 rings (SSSR count). The molecule has 0 saturated carbocycles. The molecule has 5 heteroatoms. The second kappa shape index (κ2) is 6.56. The Hall–Kier alpha value is -2.56. The Bertz CT molecular complexity index is 610. The van der Waals surface area contributed by atoms with Crippen molar-refractivity contribution in [2.75, 3.05) is 12.4 Å². The zero-order valence-electron chi connectivity index (χ0n) is 11.7. The van der Waals surface area contributed by atoms with E-state index in [2.05, 4.69) is 10.3 Å². The lowest BCUT2D eigenvalue weighted by Crippen LogP contribution is -2.29. The lowest BCUT2D eigenvalue weighted by Gasteiger charge is -2.07. The van der Waals surface area contributed by atoms with Gasteiger partial charge in [0, 0.05) is 11.6 Å². The minimum atomic E-state index is 0.377. The Morgan fingerprint density at radius 3 is 2.85 bits per heavy atom. The number of methoxy groups -OCH3 is 1. The highest BCUT2D eigenvalue weighted by molar-refractivity contribution is 5.91. The molecule has 1 aromatic carbocycles. The third-order valence-electron chi connectivity index (χ3n) is 2.82. The third kappa shape index (κ3) is 3.71. The maximum atomic E-state index is 5.88. The number of hydrogen-bond acceptors (Lipinski definition) is 2. The number of benzene rings is 1. The highest BCUT2D eigenvalue weighted by atomic mass is 16.5. The van der Waals surface area contributed by atoms with Gasteiger partial charge in [-0.25, -0.2) is 9.56 Å². The second-order valence-electron chi connectivity index (χ2n) is 4.40. The van der Waals surface area contributed by atoms with E-state index in [1.54, 1.807) is 7.11 Å². The number of guanidine groups is 1. The smallest absolute Gasteiger partial charge is 0.193 e. The average Bonchev–Trinajstić information content (AvgIpc) is 2.45. The number of anilines is 1. The SMILES string of the molecule is COc1ccccc1CN=C(N)Nc1ccc[n+](C)c1. The molecule has 0 saturated heterocycles. The van der Waals surface area contributed by atoms with Crippen LogP contribution in [0, 0.1) is 0 Å². The quantitative estimate of drug-likeness (QED) is 0.502. The van der Waals surface area contributed by atoms with Crippen molar-refractivity contribution in [1.82, 2.24) is 0 Å². The Kier molecular flexibility index (Phi) is 4.55. The van der Waals surface area contributed by atoms with Crippen molar-refractivity contribution in [3.63, 3.8) is 0 Å². The standard InChI is InChI=1S/C15H19N4O/c1-19-9-5-7-13(11-19)18-15(16)17-10-12-6-3-4-8-14(12)20-2/h3-9,11H,10H2,1-2H3,(H3,16,17,18)/q+1. The van der Waals surface area contributed by atoms with E-state index in [0.717, 1.165) is 17.0 Å². The number of nitrogens with two attached hydrogens (primary N) is 1. The van der Waals surface area contributed by atoms with Crippen LogP contribution in [0.3, 0.4) is 0 Å². The van der Waals surface area contributed by atoms with Crippen LogP contribution in [0.25, 0.3) is 0 Å². The van der Waals surface area contributed by atoms with Crippen LogP contribution in [0.2, 0.25) is 0 Å². The molecule has 1 heterocycles. The molecule has 0 unspecified atom stereocenters. The van der Waals surface area contributed by atoms with Crippen LogP contribution in [0.15, 0.2) is 53.8 Å². The normalized spacial score (nSPS) is 11.2. The van der Waals surface area contributed by atoms with Crippen LogP contribution < -0.4 is 20.4 Å². The fourth-order valence-electron chi connectivity index (χ4n) is 1.85. The summed E-state index contributed by atoms with van der Waals surface area (Å²) in [5.41, 5.74) is 7.78. The molecule has 2 aromatic rings. The van der Waals surface area contributed by atoms with Gasteiger partial charge in [-0.15, -0.1) is 0 Å². The van der Waals surface area contributed by atoms with E-state index in [1.165, 1.54) is 0 Å². The molecule has 0 amide bonds. The van der Waals surface area contributed by atoms with E-state index in [9.17, 15) is 0 Å². The number of hydrogen-bond donors (Lipinski definition) is 2. The van der Waals surface area contributed by atoms with E-state index in [0.29, 0.717) is 12.5 Å². The van der Waals surface area contributed by atoms with Crippen molar-refractivity contribution in [2.24, 2.45) is 17.8 Å². The Morgan fingerprint density at radius 1 is 1.30 bits per heavy atom. The number of rotatable bonds is 4. The molecular formula is C15H19N4O+. The molecule has 0 spiro atoms. The van der Waals surface area contributed by atoms with Crippen molar-refractivity contribution >= 4 is 11.6 Å². The number of pyridine rings is 1. The zero-order valence-corrected chi connectivity index (χ0v) is 11.7. The van der Waals surface area contributed by atoms with Gasteiger partial charge in [0.15, 0.2) is 18.4 Å². The largest absolute Gasteiger partial charge is 0.496 e. The maximum Gasteiger partial charge on any atom is 0.193 e. The summed E-state index contributed by atoms with van der Waals surface area (Å²) in [6, 6.07) is 11.6. The van der Waals surface area contributed by atoms with E-state index >= 15 is 0 Å². The molecule has 0 aliphatic heterocycles. The summed E-state index contributed by atoms with van der Waals surface area (Å²) in [6.07, 6.45) is 3.89. The lowest BCUT2D eigenvalue weighted by molar-refractivity contribution is -0.670. The van der Waals surface area contributed by atoms with Crippen molar-refractivity contribution < 1.29 is 9.30 Å². The summed E-state index contributed by atoms with van der Waals surface area (Å²) in [6.45, 7) is 0.474. The molecule has 1 aromatic heterocycles. The van der Waals surface area contributed by atoms with E-state index < -0.39 is 0 Å². The number of nitrogens with one attached hydrogen (secondary N) is 1. The predicted molar refractivity (Wildman–Crippen MR) is 79.6 cm³/mol. The molecular weight excluding hydrogens is 252 g/mol. The molecule has 3 N–H and O–H groups in total. The number of aliphatic imine (C=N–C) groups is 1. The van der Waals surface area contributed by atoms with Gasteiger partial charge in [0.1, 0.15) is 18.5 Å². The summed E-state index contributed by atoms with van der Waals surface area (Å²) < 4.78 is 7.22. The van der Waals surface area contributed by atoms with Gasteiger partial charge < -0.3 is 15.8 Å². The minimum Gasteiger partial charge on any atom is -0.496 e. The monoisotopic (exact) mass is 271 g/mol. The first-order valence-corrected chi connectivity index (χ1v) is 6.33. The van der Waals surface area contributed by atoms with Crippen LogP contribution in [0.1, 0.15) is 5.56 Å². The Morgan fingerprint density at radius 2 is 2.10 bits per heavy atom. The fraction of sp³-hybridized carbons (Fsp3) is 0.200. The number of para-hydroxylation sites is 1. The van der Waals surface area contributed by atoms with Crippen LogP contribution in [0.4, 0.5) is 5.69 Å². The number of aryl methyl sites for hydroxylation is 1. The van der Waals surface area contributed by atoms with Gasteiger partial charge >= 0.3 is 0 Å². The van der Waals surface area contributed by atoms with Gasteiger partial charge in [-0.2, -0.15) is 0 Å². The van der Waals surface area contributed by atoms with Gasteiger partial charge in [-0.1, -0.05) is 18.2 Å². The van der Waals surface area contributed by atoms with Gasteiger partial charge in [0.05, 0.1) is 13.7 Å². The van der Waals surface area contributed by atoms with Crippen LogP contribution in [-0.2, 0) is 13.6 Å². The summed E-state index contributed by atoms with van der Waals surface area (Å²) in [5, 5.41) is 3.06. The molecule has 20 heavy (non-hydrogen) atoms. The molecule has 0 bridgehead atoms. The van der Waals surface area contributed by atoms with E-state index in [1.807, 2.05) is 60.4 Å². The van der Waals surface area contributed by atoms with Gasteiger partial charge in [0.2, 0.25) is 0 Å². The first kappa shape index (κ1) is 13.9. The maximum absolute atomic E-state index is 5.88. The second-order valence-corrected chi connectivity index (χ2v) is 4.40. The van der Waals surface area contributed by atoms with Crippen molar-refractivity contribution in [2.45, 2.75) is 6.54 Å². The summed E-state index contributed by atoms with van der Waals surface area (Å²) in [5.74, 6) is 1.19. The van der Waals surface area contributed by atoms with E-state index in [-0.39, 0.29) is 0 Å². The van der Waals surface area contributed by atoms with Gasteiger partial charge in [-0.3, -0.25) is 0 Å². The topological polar surface area (TPSA) is 63.5 Å². The van der Waals surface area contributed by atoms with Crippen molar-refractivity contribution in [3.05, 3.63) is 54.4 Å². The predicted octanol–water partition coefficient (Wildman–Crippen LogP) is 1.45. The van der Waals surface area contributed by atoms with Crippen LogP contribution in [0.5, 0.6) is 5.75 Å². The zero-order chi connectivity index (χ0) is 14.4. The summed E-state index contributed by atoms with van der Waals surface area (Å²) in [4.78, 5) is 4.32. The Balaban J connectivity index is 2.04. The Labute approximate surface area is 118 Å². The summed E-state index contributed by atoms with van der Waals surface area (Å²) in [7, 11) is 3.60. The lowest BCUT2D eigenvalue weighted by atomic mass is 10.2. The molecule has 0 aliphatic carbocycles. The molecule has 0 fully saturated rings. The third-order valence-corrected chi connectivity index (χ3v) is 2.82. The van der Waals surface area contributed by atoms with Crippen LogP contribution >= 0.6 is 0 Å². The van der Waals surface area contributed by atoms with Crippen LogP contribution in [-0.4, -0.2) is 13.1 Å². The van der Waals surface area contributed by atoms with Crippen molar-refractivity contribution in [3.8, 4) is 5.75 Å². The van der Waals surface area contributed by atoms with Crippen molar-refractivity contribution in [1.29, 1.82) is 0 Å². The number of nitrogens with zero attached hydrogens (tertiary/aromatic N) is 2. The molecule has 0 aliphatic rings. The first-order valence-electron chi connectivity index (χ1n) is 6.33. The highest BCUT2D eigenvalue weighted by Crippen LogP contribution is 2.17. The minimum absolute atomic E-state index is 0.377.